The Morgan fingerprint density at radius 1 is 1.29 bits per heavy atom. The summed E-state index contributed by atoms with van der Waals surface area (Å²) in [6.07, 6.45) is 0. The highest BCUT2D eigenvalue weighted by molar-refractivity contribution is 5.97. The normalized spacial score (nSPS) is 14.4. The van der Waals surface area contributed by atoms with E-state index in [0.717, 1.165) is 17.0 Å². The molecular formula is C20H23N5O3. The highest BCUT2D eigenvalue weighted by atomic mass is 16.5. The first-order valence-corrected chi connectivity index (χ1v) is 8.91. The van der Waals surface area contributed by atoms with Crippen LogP contribution in [0.15, 0.2) is 53.5 Å². The Morgan fingerprint density at radius 3 is 2.79 bits per heavy atom. The highest BCUT2D eigenvalue weighted by Gasteiger charge is 2.21. The largest absolute Gasteiger partial charge is 0.497 e. The number of guanidine groups is 1. The number of amides is 2. The standard InChI is InChI=1S/C20H23N5O3/c1-28-17-4-2-3-16(11-17)24-20(21)23-12-14-5-7-15(8-6-14)19(27)25-10-9-22-18(26)13-25/h2-8,11H,9-10,12-13H2,1H3,(H,22,26)(H3,21,23,24). The lowest BCUT2D eigenvalue weighted by atomic mass is 10.1. The number of nitrogens with two attached hydrogens (primary N) is 1. The van der Waals surface area contributed by atoms with Crippen molar-refractivity contribution in [3.63, 3.8) is 0 Å². The SMILES string of the molecule is COc1cccc(NC(N)=NCc2ccc(C(=O)N3CCNC(=O)C3)cc2)c1. The molecule has 3 rings (SSSR count). The van der Waals surface area contributed by atoms with E-state index in [1.807, 2.05) is 36.4 Å². The number of hydrogen-bond donors (Lipinski definition) is 3. The van der Waals surface area contributed by atoms with Crippen LogP contribution in [0.25, 0.3) is 0 Å². The molecule has 1 fully saturated rings. The van der Waals surface area contributed by atoms with Crippen molar-refractivity contribution in [2.75, 3.05) is 32.1 Å². The number of ether oxygens (including phenoxy) is 1. The minimum absolute atomic E-state index is 0.0946. The fourth-order valence-electron chi connectivity index (χ4n) is 2.81. The average Bonchev–Trinajstić information content (AvgIpc) is 2.72. The van der Waals surface area contributed by atoms with Gasteiger partial charge in [0.25, 0.3) is 5.91 Å². The van der Waals surface area contributed by atoms with Crippen LogP contribution in [-0.4, -0.2) is 49.4 Å². The second kappa shape index (κ2) is 8.90. The maximum atomic E-state index is 12.5. The summed E-state index contributed by atoms with van der Waals surface area (Å²) in [4.78, 5) is 29.7. The van der Waals surface area contributed by atoms with E-state index in [2.05, 4.69) is 15.6 Å². The van der Waals surface area contributed by atoms with E-state index in [0.29, 0.717) is 25.2 Å². The molecule has 1 aliphatic heterocycles. The lowest BCUT2D eigenvalue weighted by molar-refractivity contribution is -0.123. The molecule has 0 aliphatic carbocycles. The van der Waals surface area contributed by atoms with Gasteiger partial charge in [0, 0.05) is 30.4 Å². The molecule has 0 spiro atoms. The lowest BCUT2D eigenvalue weighted by Gasteiger charge is -2.26. The van der Waals surface area contributed by atoms with Gasteiger partial charge in [-0.05, 0) is 29.8 Å². The van der Waals surface area contributed by atoms with Gasteiger partial charge in [-0.2, -0.15) is 0 Å². The van der Waals surface area contributed by atoms with Crippen LogP contribution in [0.4, 0.5) is 5.69 Å². The van der Waals surface area contributed by atoms with Gasteiger partial charge in [-0.3, -0.25) is 9.59 Å². The lowest BCUT2D eigenvalue weighted by Crippen LogP contribution is -2.49. The summed E-state index contributed by atoms with van der Waals surface area (Å²) in [5.74, 6) is 0.727. The highest BCUT2D eigenvalue weighted by Crippen LogP contribution is 2.16. The van der Waals surface area contributed by atoms with E-state index in [1.54, 1.807) is 24.1 Å². The first-order valence-electron chi connectivity index (χ1n) is 8.91. The van der Waals surface area contributed by atoms with Crippen LogP contribution in [0.1, 0.15) is 15.9 Å². The number of carbonyl (C=O) groups excluding carboxylic acids is 2. The van der Waals surface area contributed by atoms with Crippen molar-refractivity contribution in [2.24, 2.45) is 10.7 Å². The smallest absolute Gasteiger partial charge is 0.254 e. The number of piperazine rings is 1. The molecule has 0 unspecified atom stereocenters. The fraction of sp³-hybridized carbons (Fsp3) is 0.250. The molecule has 2 aromatic carbocycles. The van der Waals surface area contributed by atoms with Crippen molar-refractivity contribution in [2.45, 2.75) is 6.54 Å². The third-order valence-corrected chi connectivity index (χ3v) is 4.30. The molecule has 1 heterocycles. The van der Waals surface area contributed by atoms with Crippen molar-refractivity contribution >= 4 is 23.5 Å². The van der Waals surface area contributed by atoms with Crippen LogP contribution >= 0.6 is 0 Å². The molecular weight excluding hydrogens is 358 g/mol. The number of anilines is 1. The van der Waals surface area contributed by atoms with Crippen LogP contribution < -0.4 is 21.1 Å². The minimum atomic E-state index is -0.149. The molecule has 28 heavy (non-hydrogen) atoms. The number of methoxy groups -OCH3 is 1. The summed E-state index contributed by atoms with van der Waals surface area (Å²) >= 11 is 0. The van der Waals surface area contributed by atoms with Gasteiger partial charge in [0.05, 0.1) is 20.2 Å². The maximum absolute atomic E-state index is 12.5. The number of aliphatic imine (C=N–C) groups is 1. The molecule has 2 amide bonds. The molecule has 146 valence electrons. The molecule has 8 nitrogen and oxygen atoms in total. The number of nitrogens with one attached hydrogen (secondary N) is 2. The van der Waals surface area contributed by atoms with Crippen molar-refractivity contribution in [1.29, 1.82) is 0 Å². The Balaban J connectivity index is 1.58. The molecule has 0 bridgehead atoms. The summed E-state index contributed by atoms with van der Waals surface area (Å²) in [7, 11) is 1.60. The summed E-state index contributed by atoms with van der Waals surface area (Å²) < 4.78 is 5.17. The van der Waals surface area contributed by atoms with Gasteiger partial charge in [0.2, 0.25) is 5.91 Å². The number of nitrogens with zero attached hydrogens (tertiary/aromatic N) is 2. The maximum Gasteiger partial charge on any atom is 0.254 e. The van der Waals surface area contributed by atoms with Gasteiger partial charge < -0.3 is 26.0 Å². The predicted molar refractivity (Wildman–Crippen MR) is 107 cm³/mol. The monoisotopic (exact) mass is 381 g/mol. The van der Waals surface area contributed by atoms with Gasteiger partial charge >= 0.3 is 0 Å². The molecule has 0 aromatic heterocycles. The van der Waals surface area contributed by atoms with Crippen LogP contribution in [-0.2, 0) is 11.3 Å². The quantitative estimate of drug-likeness (QED) is 0.533. The number of carbonyl (C=O) groups is 2. The van der Waals surface area contributed by atoms with Crippen LogP contribution in [0.5, 0.6) is 5.75 Å². The molecule has 1 aliphatic rings. The Morgan fingerprint density at radius 2 is 2.07 bits per heavy atom. The molecule has 1 saturated heterocycles. The number of hydrogen-bond acceptors (Lipinski definition) is 4. The topological polar surface area (TPSA) is 109 Å². The van der Waals surface area contributed by atoms with E-state index < -0.39 is 0 Å². The van der Waals surface area contributed by atoms with E-state index in [1.165, 1.54) is 0 Å². The molecule has 8 heteroatoms. The summed E-state index contributed by atoms with van der Waals surface area (Å²) in [6, 6.07) is 14.5. The minimum Gasteiger partial charge on any atom is -0.497 e. The zero-order valence-electron chi connectivity index (χ0n) is 15.6. The first kappa shape index (κ1) is 19.2. The zero-order chi connectivity index (χ0) is 19.9. The van der Waals surface area contributed by atoms with Crippen molar-refractivity contribution in [3.05, 3.63) is 59.7 Å². The molecule has 4 N–H and O–H groups in total. The summed E-state index contributed by atoms with van der Waals surface area (Å²) in [6.45, 7) is 1.47. The first-order chi connectivity index (χ1) is 13.5. The van der Waals surface area contributed by atoms with E-state index in [-0.39, 0.29) is 24.3 Å². The number of benzene rings is 2. The van der Waals surface area contributed by atoms with E-state index >= 15 is 0 Å². The Labute approximate surface area is 163 Å². The van der Waals surface area contributed by atoms with Crippen molar-refractivity contribution < 1.29 is 14.3 Å². The predicted octanol–water partition coefficient (Wildman–Crippen LogP) is 1.19. The molecule has 0 radical (unpaired) electrons. The van der Waals surface area contributed by atoms with Gasteiger partial charge in [0.1, 0.15) is 5.75 Å². The van der Waals surface area contributed by atoms with Gasteiger partial charge in [-0.15, -0.1) is 0 Å². The van der Waals surface area contributed by atoms with Gasteiger partial charge in [0.15, 0.2) is 5.96 Å². The zero-order valence-corrected chi connectivity index (χ0v) is 15.6. The van der Waals surface area contributed by atoms with Crippen LogP contribution in [0.2, 0.25) is 0 Å². The van der Waals surface area contributed by atoms with Crippen molar-refractivity contribution in [3.8, 4) is 5.75 Å². The third kappa shape index (κ3) is 5.00. The average molecular weight is 381 g/mol. The number of rotatable bonds is 5. The Hall–Kier alpha value is -3.55. The molecule has 0 saturated carbocycles. The van der Waals surface area contributed by atoms with Crippen molar-refractivity contribution in [1.82, 2.24) is 10.2 Å². The second-order valence-electron chi connectivity index (χ2n) is 6.33. The summed E-state index contributed by atoms with van der Waals surface area (Å²) in [5.41, 5.74) is 8.18. The van der Waals surface area contributed by atoms with Gasteiger partial charge in [-0.1, -0.05) is 18.2 Å². The Kier molecular flexibility index (Phi) is 6.11. The van der Waals surface area contributed by atoms with Crippen LogP contribution in [0.3, 0.4) is 0 Å². The Bertz CT molecular complexity index is 880. The summed E-state index contributed by atoms with van der Waals surface area (Å²) in [5, 5.41) is 5.72. The van der Waals surface area contributed by atoms with Crippen LogP contribution in [0, 0.1) is 0 Å². The van der Waals surface area contributed by atoms with E-state index in [4.69, 9.17) is 10.5 Å². The third-order valence-electron chi connectivity index (χ3n) is 4.30. The second-order valence-corrected chi connectivity index (χ2v) is 6.33. The fourth-order valence-corrected chi connectivity index (χ4v) is 2.81. The van der Waals surface area contributed by atoms with E-state index in [9.17, 15) is 9.59 Å². The molecule has 0 atom stereocenters. The molecule has 2 aromatic rings. The van der Waals surface area contributed by atoms with Gasteiger partial charge in [-0.25, -0.2) is 4.99 Å².